The average molecular weight is 241 g/mol. The summed E-state index contributed by atoms with van der Waals surface area (Å²) in [6, 6.07) is 0. The smallest absolute Gasteiger partial charge is 0.238 e. The van der Waals surface area contributed by atoms with Gasteiger partial charge >= 0.3 is 0 Å². The van der Waals surface area contributed by atoms with Gasteiger partial charge in [0.1, 0.15) is 0 Å². The van der Waals surface area contributed by atoms with Gasteiger partial charge in [-0.1, -0.05) is 0 Å². The molecule has 0 aromatic heterocycles. The summed E-state index contributed by atoms with van der Waals surface area (Å²) in [4.78, 5) is 0. The van der Waals surface area contributed by atoms with Crippen LogP contribution in [0.3, 0.4) is 0 Å². The van der Waals surface area contributed by atoms with Crippen LogP contribution in [0, 0.1) is 0 Å². The first kappa shape index (κ1) is 12.3. The lowest BCUT2D eigenvalue weighted by atomic mass is 10.0. The Balaban J connectivity index is 2.55. The molecule has 0 amide bonds. The highest BCUT2D eigenvalue weighted by Crippen LogP contribution is 2.50. The third-order valence-electron chi connectivity index (χ3n) is 3.06. The Hall–Kier alpha value is 0.200. The van der Waals surface area contributed by atoms with Gasteiger partial charge in [-0.3, -0.25) is 0 Å². The summed E-state index contributed by atoms with van der Waals surface area (Å²) < 4.78 is 27.1. The highest BCUT2D eigenvalue weighted by Gasteiger charge is 2.53. The molecule has 0 aromatic carbocycles. The normalized spacial score (nSPS) is 20.9. The Bertz CT molecular complexity index is 304. The first-order chi connectivity index (χ1) is 6.22. The second kappa shape index (κ2) is 3.65. The predicted molar refractivity (Wildman–Crippen MR) is 57.1 cm³/mol. The lowest BCUT2D eigenvalue weighted by Crippen LogP contribution is -2.27. The van der Waals surface area contributed by atoms with Crippen LogP contribution in [-0.4, -0.2) is 25.9 Å². The van der Waals surface area contributed by atoms with Crippen LogP contribution in [0.5, 0.6) is 0 Å². The van der Waals surface area contributed by atoms with Gasteiger partial charge in [0.2, 0.25) is 9.05 Å². The summed E-state index contributed by atoms with van der Waals surface area (Å²) >= 11 is 0. The number of rotatable bonds is 5. The molecule has 0 atom stereocenters. The molecule has 0 N–H and O–H groups in total. The molecular weight excluding hydrogens is 224 g/mol. The van der Waals surface area contributed by atoms with Crippen LogP contribution in [0.25, 0.3) is 0 Å². The Labute approximate surface area is 90.2 Å². The zero-order valence-electron chi connectivity index (χ0n) is 8.84. The molecule has 0 radical (unpaired) electrons. The van der Waals surface area contributed by atoms with Crippen LogP contribution in [-0.2, 0) is 13.8 Å². The number of hydrogen-bond donors (Lipinski definition) is 0. The molecule has 1 aliphatic rings. The van der Waals surface area contributed by atoms with Gasteiger partial charge in [0.15, 0.2) is 0 Å². The Morgan fingerprint density at radius 1 is 1.43 bits per heavy atom. The van der Waals surface area contributed by atoms with E-state index in [4.69, 9.17) is 15.4 Å². The van der Waals surface area contributed by atoms with Gasteiger partial charge in [0, 0.05) is 17.8 Å². The molecule has 5 heteroatoms. The fourth-order valence-electron chi connectivity index (χ4n) is 1.39. The molecule has 1 rings (SSSR count). The van der Waals surface area contributed by atoms with Gasteiger partial charge in [-0.2, -0.15) is 0 Å². The molecule has 1 aliphatic carbocycles. The summed E-state index contributed by atoms with van der Waals surface area (Å²) in [6.07, 6.45) is 2.70. The van der Waals surface area contributed by atoms with Crippen molar-refractivity contribution in [2.45, 2.75) is 49.9 Å². The minimum Gasteiger partial charge on any atom is -0.379 e. The van der Waals surface area contributed by atoms with Crippen molar-refractivity contribution in [3.63, 3.8) is 0 Å². The van der Waals surface area contributed by atoms with E-state index in [-0.39, 0.29) is 5.60 Å². The molecular formula is C9H17ClO3S. The predicted octanol–water partition coefficient (Wildman–Crippen LogP) is 2.29. The van der Waals surface area contributed by atoms with Gasteiger partial charge < -0.3 is 4.74 Å². The fourth-order valence-corrected chi connectivity index (χ4v) is 3.02. The first-order valence-electron chi connectivity index (χ1n) is 4.72. The van der Waals surface area contributed by atoms with Crippen molar-refractivity contribution in [3.05, 3.63) is 0 Å². The van der Waals surface area contributed by atoms with E-state index in [0.717, 1.165) is 6.42 Å². The summed E-state index contributed by atoms with van der Waals surface area (Å²) in [6.45, 7) is 3.90. The van der Waals surface area contributed by atoms with Crippen LogP contribution < -0.4 is 0 Å². The lowest BCUT2D eigenvalue weighted by Gasteiger charge is -2.24. The second-order valence-electron chi connectivity index (χ2n) is 4.58. The van der Waals surface area contributed by atoms with E-state index in [1.165, 1.54) is 0 Å². The van der Waals surface area contributed by atoms with E-state index >= 15 is 0 Å². The molecule has 0 aromatic rings. The fraction of sp³-hybridized carbons (Fsp3) is 1.00. The topological polar surface area (TPSA) is 43.4 Å². The molecule has 0 saturated heterocycles. The van der Waals surface area contributed by atoms with E-state index in [9.17, 15) is 8.42 Å². The van der Waals surface area contributed by atoms with Crippen LogP contribution in [0.1, 0.15) is 39.5 Å². The summed E-state index contributed by atoms with van der Waals surface area (Å²) in [5.74, 6) is 0. The quantitative estimate of drug-likeness (QED) is 0.693. The molecule has 0 unspecified atom stereocenters. The molecule has 1 saturated carbocycles. The van der Waals surface area contributed by atoms with Crippen LogP contribution in [0.2, 0.25) is 0 Å². The highest BCUT2D eigenvalue weighted by molar-refractivity contribution is 8.15. The molecule has 14 heavy (non-hydrogen) atoms. The van der Waals surface area contributed by atoms with Gasteiger partial charge in [-0.15, -0.1) is 0 Å². The van der Waals surface area contributed by atoms with Crippen molar-refractivity contribution in [2.75, 3.05) is 7.11 Å². The van der Waals surface area contributed by atoms with Gasteiger partial charge in [-0.25, -0.2) is 8.42 Å². The average Bonchev–Trinajstić information content (AvgIpc) is 2.80. The number of ether oxygens (including phenoxy) is 1. The maximum atomic E-state index is 11.2. The third kappa shape index (κ3) is 2.61. The van der Waals surface area contributed by atoms with Gasteiger partial charge in [0.25, 0.3) is 0 Å². The van der Waals surface area contributed by atoms with E-state index in [1.54, 1.807) is 7.11 Å². The monoisotopic (exact) mass is 240 g/mol. The summed E-state index contributed by atoms with van der Waals surface area (Å²) in [7, 11) is 3.62. The van der Waals surface area contributed by atoms with E-state index < -0.39 is 13.8 Å². The Morgan fingerprint density at radius 2 is 1.93 bits per heavy atom. The first-order valence-corrected chi connectivity index (χ1v) is 7.03. The van der Waals surface area contributed by atoms with Crippen molar-refractivity contribution in [2.24, 2.45) is 0 Å². The molecule has 0 heterocycles. The third-order valence-corrected chi connectivity index (χ3v) is 5.69. The minimum atomic E-state index is -3.41. The van der Waals surface area contributed by atoms with E-state index in [1.807, 2.05) is 13.8 Å². The van der Waals surface area contributed by atoms with Gasteiger partial charge in [0.05, 0.1) is 10.3 Å². The molecule has 3 nitrogen and oxygen atoms in total. The standard InChI is InChI=1S/C9H17ClO3S/c1-8(2,13-3)4-5-9(6-7-9)14(10,11)12/h4-7H2,1-3H3. The summed E-state index contributed by atoms with van der Waals surface area (Å²) in [5.41, 5.74) is -0.267. The van der Waals surface area contributed by atoms with Crippen molar-refractivity contribution >= 4 is 19.7 Å². The maximum Gasteiger partial charge on any atom is 0.238 e. The van der Waals surface area contributed by atoms with Crippen molar-refractivity contribution < 1.29 is 13.2 Å². The number of halogens is 1. The number of hydrogen-bond acceptors (Lipinski definition) is 3. The van der Waals surface area contributed by atoms with Crippen LogP contribution in [0.4, 0.5) is 0 Å². The SMILES string of the molecule is COC(C)(C)CCC1(S(=O)(=O)Cl)CC1. The maximum absolute atomic E-state index is 11.2. The molecule has 1 fully saturated rings. The molecule has 84 valence electrons. The lowest BCUT2D eigenvalue weighted by molar-refractivity contribution is 0.0133. The molecule has 0 bridgehead atoms. The van der Waals surface area contributed by atoms with Crippen molar-refractivity contribution in [3.8, 4) is 0 Å². The van der Waals surface area contributed by atoms with Crippen molar-refractivity contribution in [1.29, 1.82) is 0 Å². The zero-order valence-corrected chi connectivity index (χ0v) is 10.4. The summed E-state index contributed by atoms with van der Waals surface area (Å²) in [5, 5.41) is 0. The molecule has 0 spiro atoms. The Morgan fingerprint density at radius 3 is 2.21 bits per heavy atom. The Kier molecular flexibility index (Phi) is 3.20. The van der Waals surface area contributed by atoms with Crippen LogP contribution >= 0.6 is 10.7 Å². The highest BCUT2D eigenvalue weighted by atomic mass is 35.7. The van der Waals surface area contributed by atoms with Gasteiger partial charge in [-0.05, 0) is 39.5 Å². The van der Waals surface area contributed by atoms with Crippen LogP contribution in [0.15, 0.2) is 0 Å². The second-order valence-corrected chi connectivity index (χ2v) is 7.55. The zero-order chi connectivity index (χ0) is 11.0. The molecule has 0 aliphatic heterocycles. The number of methoxy groups -OCH3 is 1. The largest absolute Gasteiger partial charge is 0.379 e. The van der Waals surface area contributed by atoms with E-state index in [2.05, 4.69) is 0 Å². The van der Waals surface area contributed by atoms with Crippen molar-refractivity contribution in [1.82, 2.24) is 0 Å². The van der Waals surface area contributed by atoms with E-state index in [0.29, 0.717) is 19.3 Å². The minimum absolute atomic E-state index is 0.267.